The minimum Gasteiger partial charge on any atom is -0.377 e. The van der Waals surface area contributed by atoms with E-state index in [1.165, 1.54) is 11.3 Å². The van der Waals surface area contributed by atoms with E-state index in [-0.39, 0.29) is 11.8 Å². The average Bonchev–Trinajstić information content (AvgIpc) is 2.86. The molecule has 1 aromatic carbocycles. The number of halogens is 1. The van der Waals surface area contributed by atoms with Crippen molar-refractivity contribution < 1.29 is 8.42 Å². The summed E-state index contributed by atoms with van der Waals surface area (Å²) in [6.07, 6.45) is 0. The number of hydrogen-bond acceptors (Lipinski definition) is 4. The first kappa shape index (κ1) is 15.4. The first-order valence-corrected chi connectivity index (χ1v) is 9.12. The minimum absolute atomic E-state index is 0.000654. The standard InChI is InChI=1S/C14H16ClNO2S2/c1-3-20(17,18)13-7-5-4-6-11(13)16-10(2)12-8-9-14(15)19-12/h4-10,16H,3H2,1-2H3. The highest BCUT2D eigenvalue weighted by molar-refractivity contribution is 7.91. The van der Waals surface area contributed by atoms with Crippen molar-refractivity contribution >= 4 is 38.5 Å². The fraction of sp³-hybridized carbons (Fsp3) is 0.286. The molecule has 108 valence electrons. The third-order valence-corrected chi connectivity index (χ3v) is 6.19. The van der Waals surface area contributed by atoms with Crippen LogP contribution >= 0.6 is 22.9 Å². The largest absolute Gasteiger partial charge is 0.377 e. The fourth-order valence-electron chi connectivity index (χ4n) is 1.88. The maximum atomic E-state index is 12.1. The van der Waals surface area contributed by atoms with E-state index in [9.17, 15) is 8.42 Å². The zero-order valence-corrected chi connectivity index (χ0v) is 13.6. The van der Waals surface area contributed by atoms with Gasteiger partial charge in [-0.3, -0.25) is 0 Å². The molecule has 1 atom stereocenters. The average molecular weight is 330 g/mol. The molecule has 0 bridgehead atoms. The normalized spacial score (nSPS) is 13.2. The van der Waals surface area contributed by atoms with Crippen LogP contribution in [-0.2, 0) is 9.84 Å². The molecule has 0 radical (unpaired) electrons. The number of para-hydroxylation sites is 1. The van der Waals surface area contributed by atoms with Gasteiger partial charge in [-0.15, -0.1) is 11.3 Å². The number of rotatable bonds is 5. The molecule has 1 heterocycles. The molecule has 1 unspecified atom stereocenters. The Morgan fingerprint density at radius 3 is 2.55 bits per heavy atom. The molecule has 0 saturated heterocycles. The third-order valence-electron chi connectivity index (χ3n) is 2.99. The van der Waals surface area contributed by atoms with E-state index >= 15 is 0 Å². The lowest BCUT2D eigenvalue weighted by atomic mass is 10.2. The molecule has 1 aromatic heterocycles. The maximum Gasteiger partial charge on any atom is 0.180 e. The predicted molar refractivity (Wildman–Crippen MR) is 85.5 cm³/mol. The molecule has 0 fully saturated rings. The highest BCUT2D eigenvalue weighted by atomic mass is 35.5. The van der Waals surface area contributed by atoms with Gasteiger partial charge in [0.25, 0.3) is 0 Å². The lowest BCUT2D eigenvalue weighted by molar-refractivity contribution is 0.597. The van der Waals surface area contributed by atoms with Crippen molar-refractivity contribution in [3.05, 3.63) is 45.6 Å². The monoisotopic (exact) mass is 329 g/mol. The van der Waals surface area contributed by atoms with Crippen molar-refractivity contribution in [1.82, 2.24) is 0 Å². The van der Waals surface area contributed by atoms with E-state index in [1.807, 2.05) is 25.1 Å². The molecular weight excluding hydrogens is 314 g/mol. The smallest absolute Gasteiger partial charge is 0.180 e. The molecule has 0 aliphatic heterocycles. The highest BCUT2D eigenvalue weighted by Crippen LogP contribution is 2.31. The van der Waals surface area contributed by atoms with Gasteiger partial charge >= 0.3 is 0 Å². The molecule has 6 heteroatoms. The van der Waals surface area contributed by atoms with Crippen molar-refractivity contribution in [3.63, 3.8) is 0 Å². The summed E-state index contributed by atoms with van der Waals surface area (Å²) in [4.78, 5) is 1.41. The van der Waals surface area contributed by atoms with Gasteiger partial charge < -0.3 is 5.32 Å². The van der Waals surface area contributed by atoms with E-state index < -0.39 is 9.84 Å². The van der Waals surface area contributed by atoms with Crippen LogP contribution in [0.3, 0.4) is 0 Å². The summed E-state index contributed by atoms with van der Waals surface area (Å²) in [5.74, 6) is 0.0882. The van der Waals surface area contributed by atoms with Crippen LogP contribution in [0, 0.1) is 0 Å². The molecule has 0 saturated carbocycles. The van der Waals surface area contributed by atoms with E-state index in [0.29, 0.717) is 10.6 Å². The molecule has 0 aliphatic rings. The predicted octanol–water partition coefficient (Wildman–Crippen LogP) is 4.37. The molecule has 20 heavy (non-hydrogen) atoms. The van der Waals surface area contributed by atoms with Crippen molar-refractivity contribution in [3.8, 4) is 0 Å². The third kappa shape index (κ3) is 3.34. The second-order valence-electron chi connectivity index (χ2n) is 4.41. The van der Waals surface area contributed by atoms with E-state index in [1.54, 1.807) is 25.1 Å². The summed E-state index contributed by atoms with van der Waals surface area (Å²) in [5, 5.41) is 3.25. The van der Waals surface area contributed by atoms with Crippen LogP contribution < -0.4 is 5.32 Å². The van der Waals surface area contributed by atoms with Crippen LogP contribution in [0.2, 0.25) is 4.34 Å². The second-order valence-corrected chi connectivity index (χ2v) is 8.40. The fourth-order valence-corrected chi connectivity index (χ4v) is 4.00. The zero-order valence-electron chi connectivity index (χ0n) is 11.3. The summed E-state index contributed by atoms with van der Waals surface area (Å²) in [5.41, 5.74) is 0.631. The lowest BCUT2D eigenvalue weighted by Crippen LogP contribution is -2.11. The Bertz CT molecular complexity index is 695. The van der Waals surface area contributed by atoms with Crippen LogP contribution in [0.15, 0.2) is 41.3 Å². The van der Waals surface area contributed by atoms with Crippen molar-refractivity contribution in [2.24, 2.45) is 0 Å². The molecule has 2 aromatic rings. The first-order valence-electron chi connectivity index (χ1n) is 6.27. The first-order chi connectivity index (χ1) is 9.44. The number of hydrogen-bond donors (Lipinski definition) is 1. The number of anilines is 1. The van der Waals surface area contributed by atoms with Gasteiger partial charge in [-0.2, -0.15) is 0 Å². The van der Waals surface area contributed by atoms with Gasteiger partial charge in [0.1, 0.15) is 0 Å². The topological polar surface area (TPSA) is 46.2 Å². The molecule has 0 amide bonds. The Hall–Kier alpha value is -1.04. The van der Waals surface area contributed by atoms with Gasteiger partial charge in [-0.05, 0) is 31.2 Å². The Morgan fingerprint density at radius 2 is 1.95 bits per heavy atom. The van der Waals surface area contributed by atoms with Crippen molar-refractivity contribution in [2.75, 3.05) is 11.1 Å². The number of benzene rings is 1. The summed E-state index contributed by atoms with van der Waals surface area (Å²) in [6.45, 7) is 3.63. The second kappa shape index (κ2) is 6.16. The quantitative estimate of drug-likeness (QED) is 0.886. The Morgan fingerprint density at radius 1 is 1.25 bits per heavy atom. The summed E-state index contributed by atoms with van der Waals surface area (Å²) < 4.78 is 24.9. The van der Waals surface area contributed by atoms with Crippen molar-refractivity contribution in [2.45, 2.75) is 24.8 Å². The summed E-state index contributed by atoms with van der Waals surface area (Å²) in [7, 11) is -3.24. The van der Waals surface area contributed by atoms with Gasteiger partial charge in [-0.25, -0.2) is 8.42 Å². The van der Waals surface area contributed by atoms with E-state index in [2.05, 4.69) is 5.32 Å². The van der Waals surface area contributed by atoms with Crippen LogP contribution in [0.4, 0.5) is 5.69 Å². The minimum atomic E-state index is -3.24. The Balaban J connectivity index is 2.30. The zero-order chi connectivity index (χ0) is 14.8. The highest BCUT2D eigenvalue weighted by Gasteiger charge is 2.18. The molecule has 0 aliphatic carbocycles. The van der Waals surface area contributed by atoms with Crippen LogP contribution in [0.1, 0.15) is 24.8 Å². The molecule has 1 N–H and O–H groups in total. The Labute approximate surface area is 128 Å². The van der Waals surface area contributed by atoms with E-state index in [4.69, 9.17) is 11.6 Å². The Kier molecular flexibility index (Phi) is 4.73. The summed E-state index contributed by atoms with van der Waals surface area (Å²) >= 11 is 7.42. The van der Waals surface area contributed by atoms with E-state index in [0.717, 1.165) is 9.21 Å². The summed E-state index contributed by atoms with van der Waals surface area (Å²) in [6, 6.07) is 10.8. The van der Waals surface area contributed by atoms with Crippen LogP contribution in [0.25, 0.3) is 0 Å². The van der Waals surface area contributed by atoms with Gasteiger partial charge in [-0.1, -0.05) is 30.7 Å². The van der Waals surface area contributed by atoms with Crippen molar-refractivity contribution in [1.29, 1.82) is 0 Å². The van der Waals surface area contributed by atoms with Crippen LogP contribution in [-0.4, -0.2) is 14.2 Å². The van der Waals surface area contributed by atoms with Gasteiger partial charge in [0, 0.05) is 4.88 Å². The van der Waals surface area contributed by atoms with Gasteiger partial charge in [0.15, 0.2) is 9.84 Å². The molecule has 2 rings (SSSR count). The van der Waals surface area contributed by atoms with Gasteiger partial charge in [0.05, 0.1) is 26.7 Å². The van der Waals surface area contributed by atoms with Crippen LogP contribution in [0.5, 0.6) is 0 Å². The van der Waals surface area contributed by atoms with Gasteiger partial charge in [0.2, 0.25) is 0 Å². The SMILES string of the molecule is CCS(=O)(=O)c1ccccc1NC(C)c1ccc(Cl)s1. The number of sulfone groups is 1. The molecule has 3 nitrogen and oxygen atoms in total. The molecule has 0 spiro atoms. The lowest BCUT2D eigenvalue weighted by Gasteiger charge is -2.16. The number of nitrogens with one attached hydrogen (secondary N) is 1. The molecular formula is C14H16ClNO2S2. The maximum absolute atomic E-state index is 12.1. The number of thiophene rings is 1.